The number of hydrogen-bond acceptors (Lipinski definition) is 6. The summed E-state index contributed by atoms with van der Waals surface area (Å²) < 4.78 is 41.3. The van der Waals surface area contributed by atoms with Crippen LogP contribution in [-0.4, -0.2) is 35.6 Å². The molecule has 0 N–H and O–H groups in total. The average molecular weight is 464 g/mol. The molecule has 2 amide bonds. The highest BCUT2D eigenvalue weighted by atomic mass is 32.2. The van der Waals surface area contributed by atoms with Crippen molar-refractivity contribution in [3.8, 4) is 6.07 Å². The minimum Gasteiger partial charge on any atom is -0.274 e. The maximum Gasteiger partial charge on any atom is 0.252 e. The Morgan fingerprint density at radius 1 is 1.09 bits per heavy atom. The van der Waals surface area contributed by atoms with Gasteiger partial charge in [-0.2, -0.15) is 9.57 Å². The Bertz CT molecular complexity index is 1340. The first-order valence-electron chi connectivity index (χ1n) is 9.84. The number of imide groups is 1. The molecule has 1 fully saturated rings. The highest BCUT2D eigenvalue weighted by molar-refractivity contribution is 7.89. The summed E-state index contributed by atoms with van der Waals surface area (Å²) in [6.07, 6.45) is 2.63. The van der Waals surface area contributed by atoms with Crippen LogP contribution in [0.5, 0.6) is 0 Å². The van der Waals surface area contributed by atoms with Crippen LogP contribution < -0.4 is 4.90 Å². The lowest BCUT2D eigenvalue weighted by atomic mass is 10.2. The van der Waals surface area contributed by atoms with Gasteiger partial charge in [-0.05, 0) is 60.2 Å². The molecule has 1 saturated heterocycles. The zero-order valence-corrected chi connectivity index (χ0v) is 17.9. The number of carbonyl (C=O) groups excluding carboxylic acids is 2. The number of halogens is 1. The summed E-state index contributed by atoms with van der Waals surface area (Å²) >= 11 is 0. The maximum atomic E-state index is 13.5. The topological polar surface area (TPSA) is 111 Å². The van der Waals surface area contributed by atoms with E-state index in [1.807, 2.05) is 6.07 Å². The van der Waals surface area contributed by atoms with E-state index < -0.39 is 33.7 Å². The minimum absolute atomic E-state index is 0.204. The highest BCUT2D eigenvalue weighted by Crippen LogP contribution is 2.30. The number of anilines is 1. The van der Waals surface area contributed by atoms with Crippen molar-refractivity contribution in [3.63, 3.8) is 0 Å². The maximum absolute atomic E-state index is 13.5. The normalized spacial score (nSPS) is 16.3. The second-order valence-corrected chi connectivity index (χ2v) is 9.20. The van der Waals surface area contributed by atoms with Gasteiger partial charge in [0.15, 0.2) is 0 Å². The third-order valence-electron chi connectivity index (χ3n) is 5.21. The van der Waals surface area contributed by atoms with Crippen molar-refractivity contribution in [1.82, 2.24) is 9.29 Å². The van der Waals surface area contributed by atoms with Crippen LogP contribution >= 0.6 is 0 Å². The van der Waals surface area contributed by atoms with E-state index in [2.05, 4.69) is 4.98 Å². The Kier molecular flexibility index (Phi) is 6.00. The molecule has 4 rings (SSSR count). The zero-order valence-electron chi connectivity index (χ0n) is 17.1. The number of carbonyl (C=O) groups is 2. The van der Waals surface area contributed by atoms with Crippen molar-refractivity contribution in [2.24, 2.45) is 0 Å². The van der Waals surface area contributed by atoms with Crippen LogP contribution in [0.2, 0.25) is 0 Å². The minimum atomic E-state index is -4.28. The molecule has 10 heteroatoms. The number of hydrogen-bond donors (Lipinski definition) is 0. The first-order chi connectivity index (χ1) is 15.8. The van der Waals surface area contributed by atoms with Crippen molar-refractivity contribution in [2.45, 2.75) is 23.9 Å². The van der Waals surface area contributed by atoms with Gasteiger partial charge in [-0.25, -0.2) is 17.7 Å². The number of sulfonamides is 1. The Labute approximate surface area is 189 Å². The van der Waals surface area contributed by atoms with E-state index in [-0.39, 0.29) is 23.5 Å². The van der Waals surface area contributed by atoms with Crippen molar-refractivity contribution < 1.29 is 22.4 Å². The predicted octanol–water partition coefficient (Wildman–Crippen LogP) is 2.62. The first kappa shape index (κ1) is 22.3. The Hall–Kier alpha value is -3.94. The summed E-state index contributed by atoms with van der Waals surface area (Å²) in [6.45, 7) is -0.210. The first-order valence-corrected chi connectivity index (χ1v) is 11.3. The van der Waals surface area contributed by atoms with Crippen molar-refractivity contribution in [2.75, 3.05) is 4.90 Å². The summed E-state index contributed by atoms with van der Waals surface area (Å²) in [6, 6.07) is 14.0. The Morgan fingerprint density at radius 3 is 2.39 bits per heavy atom. The second kappa shape index (κ2) is 8.90. The molecule has 0 bridgehead atoms. The zero-order chi connectivity index (χ0) is 23.6. The number of nitrogens with zero attached hydrogens (tertiary/aromatic N) is 4. The van der Waals surface area contributed by atoms with Crippen LogP contribution in [0.1, 0.15) is 17.5 Å². The van der Waals surface area contributed by atoms with Crippen LogP contribution in [0, 0.1) is 17.1 Å². The molecular weight excluding hydrogens is 447 g/mol. The molecule has 1 aromatic heterocycles. The van der Waals surface area contributed by atoms with E-state index >= 15 is 0 Å². The molecule has 1 aliphatic heterocycles. The Morgan fingerprint density at radius 2 is 1.79 bits per heavy atom. The summed E-state index contributed by atoms with van der Waals surface area (Å²) in [5, 5.41) is 8.97. The summed E-state index contributed by atoms with van der Waals surface area (Å²) in [7, 11) is -4.28. The highest BCUT2D eigenvalue weighted by Gasteiger charge is 2.47. The lowest BCUT2D eigenvalue weighted by Crippen LogP contribution is -2.45. The SMILES string of the molecule is N#Cc1ccc(N2C(=O)CC(N(Cc3cccnc3)S(=O)(=O)c3ccc(F)cc3)C2=O)cc1. The molecule has 0 aliphatic carbocycles. The van der Waals surface area contributed by atoms with Crippen molar-refractivity contribution in [3.05, 3.63) is 90.0 Å². The standard InChI is InChI=1S/C23H17FN4O4S/c24-18-5-9-20(10-6-18)33(31,32)27(15-17-2-1-11-26-14-17)21-12-22(29)28(23(21)30)19-7-3-16(13-25)4-8-19/h1-11,14,21H,12,15H2. The van der Waals surface area contributed by atoms with Gasteiger partial charge in [0, 0.05) is 18.9 Å². The average Bonchev–Trinajstić information content (AvgIpc) is 3.11. The predicted molar refractivity (Wildman–Crippen MR) is 115 cm³/mol. The number of pyridine rings is 1. The smallest absolute Gasteiger partial charge is 0.252 e. The van der Waals surface area contributed by atoms with Gasteiger partial charge in [-0.1, -0.05) is 6.07 Å². The second-order valence-electron chi connectivity index (χ2n) is 7.31. The summed E-state index contributed by atoms with van der Waals surface area (Å²) in [4.78, 5) is 30.8. The molecule has 166 valence electrons. The number of benzene rings is 2. The molecule has 1 unspecified atom stereocenters. The van der Waals surface area contributed by atoms with E-state index in [0.717, 1.165) is 33.5 Å². The van der Waals surface area contributed by atoms with Crippen molar-refractivity contribution in [1.29, 1.82) is 5.26 Å². The number of amides is 2. The van der Waals surface area contributed by atoms with Gasteiger partial charge < -0.3 is 0 Å². The molecule has 1 aliphatic rings. The molecule has 8 nitrogen and oxygen atoms in total. The van der Waals surface area contributed by atoms with Gasteiger partial charge in [0.25, 0.3) is 5.91 Å². The molecule has 0 saturated carbocycles. The van der Waals surface area contributed by atoms with Crippen LogP contribution in [0.3, 0.4) is 0 Å². The van der Waals surface area contributed by atoms with Gasteiger partial charge in [0.2, 0.25) is 15.9 Å². The third-order valence-corrected chi connectivity index (χ3v) is 7.08. The van der Waals surface area contributed by atoms with Gasteiger partial charge in [-0.15, -0.1) is 0 Å². The van der Waals surface area contributed by atoms with E-state index in [1.54, 1.807) is 12.1 Å². The fraction of sp³-hybridized carbons (Fsp3) is 0.130. The molecule has 1 atom stereocenters. The van der Waals surface area contributed by atoms with Gasteiger partial charge in [0.1, 0.15) is 11.9 Å². The molecule has 2 aromatic carbocycles. The van der Waals surface area contributed by atoms with Crippen LogP contribution in [0.25, 0.3) is 0 Å². The number of nitriles is 1. The molecule has 33 heavy (non-hydrogen) atoms. The Balaban J connectivity index is 1.73. The van der Waals surface area contributed by atoms with Crippen LogP contribution in [0.4, 0.5) is 10.1 Å². The fourth-order valence-electron chi connectivity index (χ4n) is 3.57. The van der Waals surface area contributed by atoms with Gasteiger partial charge in [-0.3, -0.25) is 14.6 Å². The van der Waals surface area contributed by atoms with E-state index in [9.17, 15) is 22.4 Å². The third kappa shape index (κ3) is 4.37. The summed E-state index contributed by atoms with van der Waals surface area (Å²) in [5.41, 5.74) is 1.11. The van der Waals surface area contributed by atoms with Crippen LogP contribution in [-0.2, 0) is 26.2 Å². The fourth-order valence-corrected chi connectivity index (χ4v) is 5.14. The molecule has 0 radical (unpaired) electrons. The molecular formula is C23H17FN4O4S. The molecule has 2 heterocycles. The number of rotatable bonds is 6. The van der Waals surface area contributed by atoms with Gasteiger partial charge >= 0.3 is 0 Å². The number of aromatic nitrogens is 1. The van der Waals surface area contributed by atoms with Crippen LogP contribution in [0.15, 0.2) is 78.0 Å². The molecule has 3 aromatic rings. The van der Waals surface area contributed by atoms with E-state index in [4.69, 9.17) is 5.26 Å². The van der Waals surface area contributed by atoms with Gasteiger partial charge in [0.05, 0.1) is 28.6 Å². The largest absolute Gasteiger partial charge is 0.274 e. The monoisotopic (exact) mass is 464 g/mol. The quantitative estimate of drug-likeness (QED) is 0.519. The van der Waals surface area contributed by atoms with Crippen molar-refractivity contribution >= 4 is 27.5 Å². The molecule has 0 spiro atoms. The van der Waals surface area contributed by atoms with E-state index in [0.29, 0.717) is 11.1 Å². The van der Waals surface area contributed by atoms with E-state index in [1.165, 1.54) is 36.7 Å². The lowest BCUT2D eigenvalue weighted by Gasteiger charge is -2.27. The summed E-state index contributed by atoms with van der Waals surface area (Å²) in [5.74, 6) is -1.88. The lowest BCUT2D eigenvalue weighted by molar-refractivity contribution is -0.122.